The van der Waals surface area contributed by atoms with Gasteiger partial charge in [-0.25, -0.2) is 4.98 Å². The molecule has 0 radical (unpaired) electrons. The molecule has 20 heavy (non-hydrogen) atoms. The number of benzene rings is 1. The van der Waals surface area contributed by atoms with Crippen LogP contribution >= 0.6 is 11.6 Å². The molecule has 0 bridgehead atoms. The van der Waals surface area contributed by atoms with Gasteiger partial charge in [-0.2, -0.15) is 0 Å². The quantitative estimate of drug-likeness (QED) is 0.935. The summed E-state index contributed by atoms with van der Waals surface area (Å²) < 4.78 is 2.19. The molecule has 0 amide bonds. The fraction of sp³-hybridized carbons (Fsp3) is 0.562. The van der Waals surface area contributed by atoms with Gasteiger partial charge in [0.05, 0.1) is 11.0 Å². The van der Waals surface area contributed by atoms with Crippen LogP contribution < -0.4 is 5.32 Å². The van der Waals surface area contributed by atoms with Crippen LogP contribution in [0.15, 0.2) is 18.2 Å². The Balaban J connectivity index is 1.95. The Labute approximate surface area is 125 Å². The molecule has 1 aliphatic rings. The maximum atomic E-state index is 6.09. The van der Waals surface area contributed by atoms with Crippen molar-refractivity contribution in [2.24, 2.45) is 7.05 Å². The van der Waals surface area contributed by atoms with Crippen molar-refractivity contribution in [1.82, 2.24) is 14.9 Å². The van der Waals surface area contributed by atoms with Crippen LogP contribution in [-0.2, 0) is 13.5 Å². The second-order valence-corrected chi connectivity index (χ2v) is 6.42. The van der Waals surface area contributed by atoms with E-state index in [9.17, 15) is 0 Å². The van der Waals surface area contributed by atoms with Crippen molar-refractivity contribution < 1.29 is 0 Å². The van der Waals surface area contributed by atoms with Crippen molar-refractivity contribution in [1.29, 1.82) is 0 Å². The van der Waals surface area contributed by atoms with E-state index in [0.29, 0.717) is 0 Å². The van der Waals surface area contributed by atoms with Crippen LogP contribution in [0.1, 0.15) is 37.9 Å². The van der Waals surface area contributed by atoms with Crippen LogP contribution in [0.3, 0.4) is 0 Å². The van der Waals surface area contributed by atoms with E-state index in [2.05, 4.69) is 24.0 Å². The molecule has 4 heteroatoms. The molecule has 0 saturated heterocycles. The van der Waals surface area contributed by atoms with Gasteiger partial charge in [-0.05, 0) is 38.1 Å². The molecular weight excluding hydrogens is 270 g/mol. The van der Waals surface area contributed by atoms with Crippen molar-refractivity contribution in [3.8, 4) is 0 Å². The first kappa shape index (κ1) is 13.9. The molecule has 1 aromatic heterocycles. The predicted molar refractivity (Wildman–Crippen MR) is 84.3 cm³/mol. The summed E-state index contributed by atoms with van der Waals surface area (Å²) >= 11 is 6.09. The van der Waals surface area contributed by atoms with E-state index in [1.807, 2.05) is 18.2 Å². The Morgan fingerprint density at radius 2 is 2.05 bits per heavy atom. The van der Waals surface area contributed by atoms with Gasteiger partial charge in [-0.1, -0.05) is 30.9 Å². The Kier molecular flexibility index (Phi) is 3.74. The van der Waals surface area contributed by atoms with Gasteiger partial charge < -0.3 is 9.88 Å². The molecule has 1 aromatic carbocycles. The maximum absolute atomic E-state index is 6.09. The second kappa shape index (κ2) is 5.38. The fourth-order valence-corrected chi connectivity index (χ4v) is 3.58. The Morgan fingerprint density at radius 3 is 2.75 bits per heavy atom. The number of rotatable bonds is 3. The molecule has 3 rings (SSSR count). The Hall–Kier alpha value is -1.06. The summed E-state index contributed by atoms with van der Waals surface area (Å²) in [6.07, 6.45) is 7.47. The summed E-state index contributed by atoms with van der Waals surface area (Å²) in [7, 11) is 4.18. The molecule has 1 fully saturated rings. The van der Waals surface area contributed by atoms with Crippen LogP contribution in [0, 0.1) is 0 Å². The van der Waals surface area contributed by atoms with E-state index in [4.69, 9.17) is 16.6 Å². The summed E-state index contributed by atoms with van der Waals surface area (Å²) in [4.78, 5) is 4.80. The zero-order chi connectivity index (χ0) is 14.2. The number of aromatic nitrogens is 2. The first-order chi connectivity index (χ1) is 9.63. The van der Waals surface area contributed by atoms with E-state index in [0.717, 1.165) is 28.3 Å². The van der Waals surface area contributed by atoms with Crippen LogP contribution in [0.5, 0.6) is 0 Å². The van der Waals surface area contributed by atoms with Crippen LogP contribution in [-0.4, -0.2) is 22.1 Å². The normalized spacial score (nSPS) is 18.6. The minimum atomic E-state index is 0.219. The van der Waals surface area contributed by atoms with Gasteiger partial charge in [0.15, 0.2) is 0 Å². The molecule has 1 heterocycles. The molecule has 1 saturated carbocycles. The molecule has 2 aromatic rings. The van der Waals surface area contributed by atoms with E-state index in [-0.39, 0.29) is 5.54 Å². The fourth-order valence-electron chi connectivity index (χ4n) is 3.42. The highest BCUT2D eigenvalue weighted by atomic mass is 35.5. The Bertz CT molecular complexity index is 611. The van der Waals surface area contributed by atoms with Crippen LogP contribution in [0.4, 0.5) is 0 Å². The van der Waals surface area contributed by atoms with Gasteiger partial charge >= 0.3 is 0 Å². The highest BCUT2D eigenvalue weighted by molar-refractivity contribution is 6.31. The monoisotopic (exact) mass is 291 g/mol. The number of fused-ring (bicyclic) bond motifs is 1. The lowest BCUT2D eigenvalue weighted by Crippen LogP contribution is -2.47. The largest absolute Gasteiger partial charge is 0.331 e. The third-order valence-corrected chi connectivity index (χ3v) is 5.01. The molecular formula is C16H22ClN3. The molecule has 108 valence electrons. The zero-order valence-electron chi connectivity index (χ0n) is 12.2. The van der Waals surface area contributed by atoms with Crippen LogP contribution in [0.2, 0.25) is 5.02 Å². The first-order valence-electron chi connectivity index (χ1n) is 7.43. The smallest absolute Gasteiger partial charge is 0.111 e. The van der Waals surface area contributed by atoms with Crippen molar-refractivity contribution >= 4 is 22.6 Å². The molecule has 3 nitrogen and oxygen atoms in total. The van der Waals surface area contributed by atoms with E-state index >= 15 is 0 Å². The van der Waals surface area contributed by atoms with Crippen molar-refractivity contribution in [3.05, 3.63) is 29.0 Å². The lowest BCUT2D eigenvalue weighted by atomic mass is 9.79. The molecule has 1 N–H and O–H groups in total. The number of nitrogens with one attached hydrogen (secondary N) is 1. The minimum absolute atomic E-state index is 0.219. The third-order valence-electron chi connectivity index (χ3n) is 4.77. The number of imidazole rings is 1. The van der Waals surface area contributed by atoms with Gasteiger partial charge in [-0.3, -0.25) is 0 Å². The Morgan fingerprint density at radius 1 is 1.30 bits per heavy atom. The number of hydrogen-bond acceptors (Lipinski definition) is 2. The number of hydrogen-bond donors (Lipinski definition) is 1. The van der Waals surface area contributed by atoms with E-state index < -0.39 is 0 Å². The van der Waals surface area contributed by atoms with Crippen molar-refractivity contribution in [2.45, 2.75) is 44.1 Å². The van der Waals surface area contributed by atoms with E-state index in [1.165, 1.54) is 32.1 Å². The van der Waals surface area contributed by atoms with Gasteiger partial charge in [-0.15, -0.1) is 0 Å². The van der Waals surface area contributed by atoms with Gasteiger partial charge in [0.2, 0.25) is 0 Å². The third kappa shape index (κ3) is 2.45. The molecule has 0 aliphatic heterocycles. The predicted octanol–water partition coefficient (Wildman–Crippen LogP) is 3.69. The SMILES string of the molecule is CNC1(Cc2nc3ccc(Cl)cc3n2C)CCCCC1. The maximum Gasteiger partial charge on any atom is 0.111 e. The number of aryl methyl sites for hydroxylation is 1. The summed E-state index contributed by atoms with van der Waals surface area (Å²) in [6, 6.07) is 5.92. The highest BCUT2D eigenvalue weighted by Crippen LogP contribution is 2.31. The van der Waals surface area contributed by atoms with Gasteiger partial charge in [0.1, 0.15) is 5.82 Å². The molecule has 0 unspecified atom stereocenters. The van der Waals surface area contributed by atoms with E-state index in [1.54, 1.807) is 0 Å². The molecule has 1 aliphatic carbocycles. The molecule has 0 atom stereocenters. The van der Waals surface area contributed by atoms with Gasteiger partial charge in [0.25, 0.3) is 0 Å². The summed E-state index contributed by atoms with van der Waals surface area (Å²) in [5.74, 6) is 1.15. The topological polar surface area (TPSA) is 29.9 Å². The number of halogens is 1. The summed E-state index contributed by atoms with van der Waals surface area (Å²) in [5, 5.41) is 4.34. The first-order valence-corrected chi connectivity index (χ1v) is 7.81. The van der Waals surface area contributed by atoms with Crippen LogP contribution in [0.25, 0.3) is 11.0 Å². The highest BCUT2D eigenvalue weighted by Gasteiger charge is 2.32. The standard InChI is InChI=1S/C16H22ClN3/c1-18-16(8-4-3-5-9-16)11-15-19-13-7-6-12(17)10-14(13)20(15)2/h6-7,10,18H,3-5,8-9,11H2,1-2H3. The molecule has 0 spiro atoms. The average molecular weight is 292 g/mol. The van der Waals surface area contributed by atoms with Crippen molar-refractivity contribution in [2.75, 3.05) is 7.05 Å². The number of likely N-dealkylation sites (N-methyl/N-ethyl adjacent to an activating group) is 1. The lowest BCUT2D eigenvalue weighted by Gasteiger charge is -2.37. The van der Waals surface area contributed by atoms with Crippen molar-refractivity contribution in [3.63, 3.8) is 0 Å². The zero-order valence-corrected chi connectivity index (χ0v) is 13.0. The number of nitrogens with zero attached hydrogens (tertiary/aromatic N) is 2. The summed E-state index contributed by atoms with van der Waals surface area (Å²) in [6.45, 7) is 0. The minimum Gasteiger partial charge on any atom is -0.331 e. The lowest BCUT2D eigenvalue weighted by molar-refractivity contribution is 0.240. The second-order valence-electron chi connectivity index (χ2n) is 5.99. The summed E-state index contributed by atoms with van der Waals surface area (Å²) in [5.41, 5.74) is 2.38. The average Bonchev–Trinajstić information content (AvgIpc) is 2.76. The van der Waals surface area contributed by atoms with Gasteiger partial charge in [0, 0.05) is 24.0 Å².